The van der Waals surface area contributed by atoms with Crippen LogP contribution in [0.2, 0.25) is 0 Å². The fraction of sp³-hybridized carbons (Fsp3) is 0.438. The molecule has 1 aliphatic heterocycles. The molecule has 0 aliphatic carbocycles. The zero-order chi connectivity index (χ0) is 49.8. The second kappa shape index (κ2) is 23.5. The fourth-order valence-corrected chi connectivity index (χ4v) is 8.41. The van der Waals surface area contributed by atoms with Gasteiger partial charge < -0.3 is 62.4 Å². The summed E-state index contributed by atoms with van der Waals surface area (Å²) in [5, 5.41) is 34.4. The Hall–Kier alpha value is -7.55. The molecule has 7 unspecified atom stereocenters. The third-order valence-electron chi connectivity index (χ3n) is 12.1. The summed E-state index contributed by atoms with van der Waals surface area (Å²) in [5.74, 6) is -5.84. The van der Waals surface area contributed by atoms with Crippen LogP contribution in [0, 0.1) is 11.8 Å². The number of hydrogen-bond donors (Lipinski definition) is 11. The van der Waals surface area contributed by atoms with Crippen LogP contribution in [0.25, 0.3) is 10.9 Å². The number of imidazole rings is 2. The van der Waals surface area contributed by atoms with Crippen molar-refractivity contribution in [3.05, 3.63) is 102 Å². The predicted molar refractivity (Wildman–Crippen MR) is 253 cm³/mol. The fourth-order valence-electron chi connectivity index (χ4n) is 8.41. The van der Waals surface area contributed by atoms with Gasteiger partial charge in [0.1, 0.15) is 42.0 Å². The molecule has 6 rings (SSSR count). The highest BCUT2D eigenvalue weighted by atomic mass is 16.4. The van der Waals surface area contributed by atoms with Gasteiger partial charge in [-0.1, -0.05) is 58.0 Å². The smallest absolute Gasteiger partial charge is 0.326 e. The Balaban J connectivity index is 1.23. The van der Waals surface area contributed by atoms with E-state index in [1.54, 1.807) is 32.2 Å². The van der Waals surface area contributed by atoms with Crippen LogP contribution in [0.1, 0.15) is 69.5 Å². The molecule has 21 nitrogen and oxygen atoms in total. The van der Waals surface area contributed by atoms with E-state index in [0.717, 1.165) is 16.5 Å². The van der Waals surface area contributed by atoms with Gasteiger partial charge in [0, 0.05) is 66.7 Å². The summed E-state index contributed by atoms with van der Waals surface area (Å²) in [6.07, 6.45) is 8.32. The van der Waals surface area contributed by atoms with Crippen LogP contribution in [-0.4, -0.2) is 130 Å². The standard InChI is InChI=1S/C48H62N12O9/c1-26(2)16-36(55-42(62)34(49)18-29-21-52-35-9-6-5-8-33(29)35)43(63)57-38(19-30-22-50-24-53-30)45(65)56-37(17-28-11-13-32(61)14-12-28)44(64)58-39(20-31-23-51-25-54-31)47(67)60-15-7-10-40(60)46(66)59-41(27(3)4)48(68)69/h5-6,8-9,11-14,21-27,34,36-41,52,61H,7,10,15-20,49H2,1-4H3,(H,50,53)(H,51,54)(H,55,62)(H,56,65)(H,57,63)(H,58,64)(H,59,66)(H,68,69). The van der Waals surface area contributed by atoms with Crippen LogP contribution in [0.5, 0.6) is 5.75 Å². The van der Waals surface area contributed by atoms with Crippen molar-refractivity contribution in [3.8, 4) is 5.75 Å². The van der Waals surface area contributed by atoms with Crippen molar-refractivity contribution >= 4 is 52.3 Å². The molecule has 21 heteroatoms. The number of phenols is 1. The minimum Gasteiger partial charge on any atom is -0.508 e. The minimum absolute atomic E-state index is 0.0365. The lowest BCUT2D eigenvalue weighted by Gasteiger charge is -2.31. The molecule has 2 aromatic carbocycles. The maximum absolute atomic E-state index is 14.6. The van der Waals surface area contributed by atoms with E-state index in [2.05, 4.69) is 51.5 Å². The Kier molecular flexibility index (Phi) is 17.3. The van der Waals surface area contributed by atoms with Gasteiger partial charge in [-0.05, 0) is 66.8 Å². The number of likely N-dealkylation sites (tertiary alicyclic amines) is 1. The number of hydrogen-bond acceptors (Lipinski definition) is 11. The molecule has 1 aliphatic rings. The monoisotopic (exact) mass is 950 g/mol. The van der Waals surface area contributed by atoms with Crippen molar-refractivity contribution in [2.24, 2.45) is 17.6 Å². The number of aromatic amines is 3. The first-order valence-corrected chi connectivity index (χ1v) is 23.0. The number of carboxylic acids is 1. The number of amides is 6. The van der Waals surface area contributed by atoms with E-state index in [1.807, 2.05) is 38.1 Å². The second-order valence-corrected chi connectivity index (χ2v) is 18.2. The van der Waals surface area contributed by atoms with Crippen LogP contribution in [0.3, 0.4) is 0 Å². The van der Waals surface area contributed by atoms with Crippen molar-refractivity contribution in [1.82, 2.24) is 56.4 Å². The molecule has 0 spiro atoms. The van der Waals surface area contributed by atoms with E-state index in [9.17, 15) is 43.8 Å². The zero-order valence-corrected chi connectivity index (χ0v) is 39.0. The lowest BCUT2D eigenvalue weighted by Crippen LogP contribution is -2.61. The van der Waals surface area contributed by atoms with Gasteiger partial charge in [0.05, 0.1) is 18.7 Å². The van der Waals surface area contributed by atoms with E-state index < -0.39 is 89.6 Å². The molecule has 368 valence electrons. The summed E-state index contributed by atoms with van der Waals surface area (Å²) >= 11 is 0. The third kappa shape index (κ3) is 13.8. The summed E-state index contributed by atoms with van der Waals surface area (Å²) < 4.78 is 0. The Bertz CT molecular complexity index is 2540. The number of carbonyl (C=O) groups excluding carboxylic acids is 6. The zero-order valence-electron chi connectivity index (χ0n) is 39.0. The van der Waals surface area contributed by atoms with Crippen LogP contribution in [-0.2, 0) is 59.2 Å². The third-order valence-corrected chi connectivity index (χ3v) is 12.1. The molecular weight excluding hydrogens is 889 g/mol. The maximum atomic E-state index is 14.6. The first-order valence-electron chi connectivity index (χ1n) is 23.0. The van der Waals surface area contributed by atoms with Gasteiger partial charge in [0.2, 0.25) is 35.4 Å². The number of para-hydroxylation sites is 1. The Morgan fingerprint density at radius 1 is 0.725 bits per heavy atom. The Labute approximate surface area is 398 Å². The highest BCUT2D eigenvalue weighted by Crippen LogP contribution is 2.22. The second-order valence-electron chi connectivity index (χ2n) is 18.2. The van der Waals surface area contributed by atoms with Crippen molar-refractivity contribution < 1.29 is 43.8 Å². The number of nitrogens with zero attached hydrogens (tertiary/aromatic N) is 3. The molecule has 12 N–H and O–H groups in total. The average Bonchev–Trinajstić information content (AvgIpc) is 4.17. The number of phenolic OH excluding ortho intramolecular Hbond substituents is 1. The quantitative estimate of drug-likeness (QED) is 0.0439. The molecule has 1 saturated heterocycles. The number of nitrogens with two attached hydrogens (primary N) is 1. The number of fused-ring (bicyclic) bond motifs is 1. The number of benzene rings is 2. The molecule has 69 heavy (non-hydrogen) atoms. The number of carbonyl (C=O) groups is 7. The average molecular weight is 951 g/mol. The lowest BCUT2D eigenvalue weighted by atomic mass is 10.00. The molecule has 7 atom stereocenters. The van der Waals surface area contributed by atoms with Gasteiger partial charge >= 0.3 is 5.97 Å². The van der Waals surface area contributed by atoms with Crippen molar-refractivity contribution in [2.45, 2.75) is 115 Å². The number of H-pyrrole nitrogens is 3. The van der Waals surface area contributed by atoms with Crippen LogP contribution in [0.15, 0.2) is 79.8 Å². The number of rotatable bonds is 23. The molecular formula is C48H62N12O9. The van der Waals surface area contributed by atoms with Gasteiger partial charge in [-0.3, -0.25) is 28.8 Å². The van der Waals surface area contributed by atoms with Crippen molar-refractivity contribution in [3.63, 3.8) is 0 Å². The van der Waals surface area contributed by atoms with Crippen LogP contribution < -0.4 is 32.3 Å². The highest BCUT2D eigenvalue weighted by Gasteiger charge is 2.40. The van der Waals surface area contributed by atoms with Crippen LogP contribution >= 0.6 is 0 Å². The summed E-state index contributed by atoms with van der Waals surface area (Å²) in [5.41, 5.74) is 9.60. The largest absolute Gasteiger partial charge is 0.508 e. The number of aliphatic carboxylic acids is 1. The first-order chi connectivity index (χ1) is 33.0. The van der Waals surface area contributed by atoms with Gasteiger partial charge in [0.25, 0.3) is 0 Å². The van der Waals surface area contributed by atoms with Gasteiger partial charge in [0.15, 0.2) is 0 Å². The Morgan fingerprint density at radius 3 is 1.90 bits per heavy atom. The molecule has 5 aromatic rings. The molecule has 3 aromatic heterocycles. The number of nitrogens with one attached hydrogen (secondary N) is 8. The molecule has 0 bridgehead atoms. The molecule has 0 saturated carbocycles. The summed E-state index contributed by atoms with van der Waals surface area (Å²) in [4.78, 5) is 115. The highest BCUT2D eigenvalue weighted by molar-refractivity contribution is 5.97. The molecule has 6 amide bonds. The van der Waals surface area contributed by atoms with Gasteiger partial charge in [-0.25, -0.2) is 14.8 Å². The summed E-state index contributed by atoms with van der Waals surface area (Å²) in [6.45, 7) is 7.22. The summed E-state index contributed by atoms with van der Waals surface area (Å²) in [6, 6.07) is 5.24. The molecule has 4 heterocycles. The van der Waals surface area contributed by atoms with Crippen LogP contribution in [0.4, 0.5) is 0 Å². The predicted octanol–water partition coefficient (Wildman–Crippen LogP) is 1.12. The van der Waals surface area contributed by atoms with E-state index in [-0.39, 0.29) is 56.7 Å². The van der Waals surface area contributed by atoms with Crippen molar-refractivity contribution in [2.75, 3.05) is 6.54 Å². The number of aromatic nitrogens is 5. The normalized spacial score (nSPS) is 16.3. The summed E-state index contributed by atoms with van der Waals surface area (Å²) in [7, 11) is 0. The molecule has 1 fully saturated rings. The van der Waals surface area contributed by atoms with E-state index in [4.69, 9.17) is 5.73 Å². The minimum atomic E-state index is -1.38. The van der Waals surface area contributed by atoms with Crippen molar-refractivity contribution in [1.29, 1.82) is 0 Å². The SMILES string of the molecule is CC(C)CC(NC(=O)C(N)Cc1c[nH]c2ccccc12)C(=O)NC(Cc1cnc[nH]1)C(=O)NC(Cc1ccc(O)cc1)C(=O)NC(Cc1cnc[nH]1)C(=O)N1CCCC1C(=O)NC(C(=O)O)C(C)C. The van der Waals surface area contributed by atoms with Gasteiger partial charge in [-0.15, -0.1) is 0 Å². The van der Waals surface area contributed by atoms with E-state index in [0.29, 0.717) is 23.4 Å². The molecule has 0 radical (unpaired) electrons. The van der Waals surface area contributed by atoms with E-state index in [1.165, 1.54) is 42.1 Å². The lowest BCUT2D eigenvalue weighted by molar-refractivity contribution is -0.145. The number of aromatic hydroxyl groups is 1. The van der Waals surface area contributed by atoms with E-state index >= 15 is 0 Å². The van der Waals surface area contributed by atoms with Gasteiger partial charge in [-0.2, -0.15) is 0 Å². The topological polar surface area (TPSA) is 323 Å². The Morgan fingerprint density at radius 2 is 1.30 bits per heavy atom. The number of carboxylic acid groups (broad SMARTS) is 1. The maximum Gasteiger partial charge on any atom is 0.326 e. The first kappa shape index (κ1) is 50.9.